The Hall–Kier alpha value is -3.66. The van der Waals surface area contributed by atoms with Crippen molar-refractivity contribution < 1.29 is 22.7 Å². The van der Waals surface area contributed by atoms with Crippen molar-refractivity contribution >= 4 is 27.5 Å². The minimum Gasteiger partial charge on any atom is -0.454 e. The lowest BCUT2D eigenvalue weighted by Crippen LogP contribution is -2.23. The third-order valence-corrected chi connectivity index (χ3v) is 5.92. The van der Waals surface area contributed by atoms with E-state index in [1.807, 2.05) is 6.07 Å². The molecule has 0 bridgehead atoms. The number of esters is 1. The Balaban J connectivity index is 1.95. The standard InChI is InChI=1S/C21H21N3O6S/c1-14(25)13-30-21(27)16-8-7-11-18(12-16)31(28,29)22-19-15(2)23(3)24(20(19)26)17-9-5-4-6-10-17/h4-12,22H,13H2,1-3H3. The van der Waals surface area contributed by atoms with Crippen molar-refractivity contribution in [3.63, 3.8) is 0 Å². The maximum absolute atomic E-state index is 13.0. The number of para-hydroxylation sites is 1. The molecule has 0 atom stereocenters. The van der Waals surface area contributed by atoms with Crippen LogP contribution in [0, 0.1) is 6.92 Å². The molecule has 0 saturated carbocycles. The third kappa shape index (κ3) is 4.58. The first-order valence-corrected chi connectivity index (χ1v) is 10.7. The third-order valence-electron chi connectivity index (χ3n) is 4.58. The Morgan fingerprint density at radius 2 is 1.74 bits per heavy atom. The van der Waals surface area contributed by atoms with E-state index in [0.717, 1.165) is 6.07 Å². The quantitative estimate of drug-likeness (QED) is 0.559. The first-order chi connectivity index (χ1) is 14.6. The Morgan fingerprint density at radius 3 is 2.39 bits per heavy atom. The number of benzene rings is 2. The molecular weight excluding hydrogens is 422 g/mol. The highest BCUT2D eigenvalue weighted by Gasteiger charge is 2.23. The number of aromatic nitrogens is 2. The van der Waals surface area contributed by atoms with Crippen LogP contribution in [0.15, 0.2) is 64.3 Å². The maximum Gasteiger partial charge on any atom is 0.338 e. The van der Waals surface area contributed by atoms with E-state index in [-0.39, 0.29) is 21.9 Å². The number of ketones is 1. The van der Waals surface area contributed by atoms with E-state index in [1.165, 1.54) is 29.8 Å². The largest absolute Gasteiger partial charge is 0.454 e. The fraction of sp³-hybridized carbons (Fsp3) is 0.190. The normalized spacial score (nSPS) is 11.2. The van der Waals surface area contributed by atoms with E-state index >= 15 is 0 Å². The van der Waals surface area contributed by atoms with Crippen LogP contribution >= 0.6 is 0 Å². The molecule has 0 amide bonds. The van der Waals surface area contributed by atoms with Gasteiger partial charge in [-0.25, -0.2) is 17.9 Å². The van der Waals surface area contributed by atoms with Crippen molar-refractivity contribution in [3.8, 4) is 5.69 Å². The molecule has 3 rings (SSSR count). The van der Waals surface area contributed by atoms with Crippen molar-refractivity contribution in [1.29, 1.82) is 0 Å². The highest BCUT2D eigenvalue weighted by Crippen LogP contribution is 2.20. The number of rotatable bonds is 7. The molecule has 0 saturated heterocycles. The summed E-state index contributed by atoms with van der Waals surface area (Å²) in [5.41, 5.74) is 0.325. The second-order valence-electron chi connectivity index (χ2n) is 6.85. The molecule has 0 radical (unpaired) electrons. The lowest BCUT2D eigenvalue weighted by Gasteiger charge is -2.08. The van der Waals surface area contributed by atoms with Gasteiger partial charge in [0.2, 0.25) is 0 Å². The topological polar surface area (TPSA) is 116 Å². The van der Waals surface area contributed by atoms with Crippen LogP contribution in [0.2, 0.25) is 0 Å². The zero-order chi connectivity index (χ0) is 22.8. The van der Waals surface area contributed by atoms with E-state index in [0.29, 0.717) is 11.4 Å². The van der Waals surface area contributed by atoms with Gasteiger partial charge in [0, 0.05) is 7.05 Å². The summed E-state index contributed by atoms with van der Waals surface area (Å²) in [7, 11) is -2.54. The predicted molar refractivity (Wildman–Crippen MR) is 114 cm³/mol. The summed E-state index contributed by atoms with van der Waals surface area (Å²) in [5.74, 6) is -1.16. The van der Waals surface area contributed by atoms with Crippen LogP contribution in [-0.2, 0) is 26.6 Å². The Bertz CT molecular complexity index is 1310. The summed E-state index contributed by atoms with van der Waals surface area (Å²) in [5, 5.41) is 0. The summed E-state index contributed by atoms with van der Waals surface area (Å²) in [6.45, 7) is 2.48. The van der Waals surface area contributed by atoms with E-state index in [2.05, 4.69) is 4.72 Å². The number of hydrogen-bond donors (Lipinski definition) is 1. The molecule has 3 aromatic rings. The molecule has 0 aliphatic heterocycles. The van der Waals surface area contributed by atoms with Gasteiger partial charge < -0.3 is 4.74 Å². The molecule has 0 fully saturated rings. The highest BCUT2D eigenvalue weighted by molar-refractivity contribution is 7.92. The fourth-order valence-corrected chi connectivity index (χ4v) is 4.08. The number of nitrogens with zero attached hydrogens (tertiary/aromatic N) is 2. The van der Waals surface area contributed by atoms with Crippen molar-refractivity contribution in [2.75, 3.05) is 11.3 Å². The van der Waals surface area contributed by atoms with Crippen LogP contribution in [-0.4, -0.2) is 36.1 Å². The van der Waals surface area contributed by atoms with Crippen LogP contribution in [0.25, 0.3) is 5.69 Å². The van der Waals surface area contributed by atoms with Crippen molar-refractivity contribution in [2.24, 2.45) is 7.05 Å². The zero-order valence-electron chi connectivity index (χ0n) is 17.2. The van der Waals surface area contributed by atoms with Crippen LogP contribution in [0.1, 0.15) is 23.0 Å². The second kappa shape index (κ2) is 8.60. The van der Waals surface area contributed by atoms with Crippen LogP contribution in [0.3, 0.4) is 0 Å². The van der Waals surface area contributed by atoms with Gasteiger partial charge in [0.1, 0.15) is 12.3 Å². The maximum atomic E-state index is 13.0. The first kappa shape index (κ1) is 22.0. The first-order valence-electron chi connectivity index (χ1n) is 9.25. The van der Waals surface area contributed by atoms with Gasteiger partial charge in [-0.15, -0.1) is 0 Å². The molecule has 1 aromatic heterocycles. The average molecular weight is 443 g/mol. The van der Waals surface area contributed by atoms with Gasteiger partial charge in [-0.05, 0) is 44.2 Å². The summed E-state index contributed by atoms with van der Waals surface area (Å²) in [4.78, 5) is 35.8. The molecule has 31 heavy (non-hydrogen) atoms. The van der Waals surface area contributed by atoms with Gasteiger partial charge >= 0.3 is 5.97 Å². The van der Waals surface area contributed by atoms with Crippen LogP contribution < -0.4 is 10.3 Å². The molecule has 10 heteroatoms. The fourth-order valence-electron chi connectivity index (χ4n) is 2.92. The number of sulfonamides is 1. The number of nitrogens with one attached hydrogen (secondary N) is 1. The average Bonchev–Trinajstić information content (AvgIpc) is 2.95. The smallest absolute Gasteiger partial charge is 0.338 e. The lowest BCUT2D eigenvalue weighted by atomic mass is 10.2. The molecule has 1 heterocycles. The SMILES string of the molecule is CC(=O)COC(=O)c1cccc(S(=O)(=O)Nc2c(C)n(C)n(-c3ccccc3)c2=O)c1. The number of ether oxygens (including phenoxy) is 1. The van der Waals surface area contributed by atoms with Gasteiger partial charge in [-0.1, -0.05) is 24.3 Å². The summed E-state index contributed by atoms with van der Waals surface area (Å²) in [6.07, 6.45) is 0. The number of Topliss-reactive ketones (excluding diaryl/α,β-unsaturated/α-hetero) is 1. The Labute approximate surface area is 178 Å². The van der Waals surface area contributed by atoms with Crippen molar-refractivity contribution in [3.05, 3.63) is 76.2 Å². The predicted octanol–water partition coefficient (Wildman–Crippen LogP) is 2.03. The van der Waals surface area contributed by atoms with E-state index < -0.39 is 28.2 Å². The summed E-state index contributed by atoms with van der Waals surface area (Å²) >= 11 is 0. The van der Waals surface area contributed by atoms with Crippen molar-refractivity contribution in [1.82, 2.24) is 9.36 Å². The monoisotopic (exact) mass is 443 g/mol. The molecule has 1 N–H and O–H groups in total. The number of carbonyl (C=O) groups excluding carboxylic acids is 2. The summed E-state index contributed by atoms with van der Waals surface area (Å²) < 4.78 is 35.9. The van der Waals surface area contributed by atoms with Gasteiger partial charge in [-0.3, -0.25) is 19.0 Å². The second-order valence-corrected chi connectivity index (χ2v) is 8.53. The van der Waals surface area contributed by atoms with E-state index in [9.17, 15) is 22.8 Å². The van der Waals surface area contributed by atoms with Gasteiger partial charge in [0.15, 0.2) is 5.78 Å². The molecule has 2 aromatic carbocycles. The Kier molecular flexibility index (Phi) is 6.11. The van der Waals surface area contributed by atoms with E-state index in [4.69, 9.17) is 4.74 Å². The number of hydrogen-bond acceptors (Lipinski definition) is 6. The molecule has 0 spiro atoms. The highest BCUT2D eigenvalue weighted by atomic mass is 32.2. The van der Waals surface area contributed by atoms with Crippen LogP contribution in [0.5, 0.6) is 0 Å². The molecular formula is C21H21N3O6S. The van der Waals surface area contributed by atoms with Gasteiger partial charge in [0.05, 0.1) is 21.8 Å². The van der Waals surface area contributed by atoms with Gasteiger partial charge in [0.25, 0.3) is 15.6 Å². The number of carbonyl (C=O) groups is 2. The molecule has 9 nitrogen and oxygen atoms in total. The Morgan fingerprint density at radius 1 is 1.06 bits per heavy atom. The molecule has 0 aliphatic rings. The molecule has 0 unspecified atom stereocenters. The molecule has 162 valence electrons. The lowest BCUT2D eigenvalue weighted by molar-refractivity contribution is -0.120. The zero-order valence-corrected chi connectivity index (χ0v) is 18.0. The van der Waals surface area contributed by atoms with Gasteiger partial charge in [-0.2, -0.15) is 0 Å². The minimum atomic E-state index is -4.18. The van der Waals surface area contributed by atoms with Crippen LogP contribution in [0.4, 0.5) is 5.69 Å². The molecule has 0 aliphatic carbocycles. The van der Waals surface area contributed by atoms with Crippen molar-refractivity contribution in [2.45, 2.75) is 18.7 Å². The minimum absolute atomic E-state index is 0.0318. The number of anilines is 1. The summed E-state index contributed by atoms with van der Waals surface area (Å²) in [6, 6.07) is 14.0. The van der Waals surface area contributed by atoms with E-state index in [1.54, 1.807) is 42.9 Å².